The Morgan fingerprint density at radius 2 is 2.08 bits per heavy atom. The maximum atomic E-state index is 11.9. The van der Waals surface area contributed by atoms with Gasteiger partial charge in [-0.2, -0.15) is 0 Å². The normalized spacial score (nSPS) is 26.2. The van der Waals surface area contributed by atoms with E-state index in [0.717, 1.165) is 18.4 Å². The lowest BCUT2D eigenvalue weighted by Gasteiger charge is -2.18. The number of fused-ring (bicyclic) bond motifs is 1. The molecule has 1 heteroatoms. The Balaban J connectivity index is 2.50. The van der Waals surface area contributed by atoms with Crippen molar-refractivity contribution in [2.75, 3.05) is 0 Å². The predicted molar refractivity (Wildman–Crippen MR) is 52.9 cm³/mol. The van der Waals surface area contributed by atoms with E-state index < -0.39 is 0 Å². The van der Waals surface area contributed by atoms with Gasteiger partial charge in [0.2, 0.25) is 0 Å². The minimum atomic E-state index is -0.135. The molecule has 1 atom stereocenters. The lowest BCUT2D eigenvalue weighted by Crippen LogP contribution is -2.22. The standard InChI is InChI=1S/C12H14O/c1-3-12(2)8-9-6-4-5-7-10(9)11(12)13/h4-7H,3,8H2,1-2H3/t12-/m0/s1. The minimum absolute atomic E-state index is 0.135. The quantitative estimate of drug-likeness (QED) is 0.639. The Labute approximate surface area is 78.8 Å². The molecule has 1 aliphatic rings. The third kappa shape index (κ3) is 1.11. The van der Waals surface area contributed by atoms with Gasteiger partial charge in [-0.15, -0.1) is 0 Å². The van der Waals surface area contributed by atoms with Crippen LogP contribution in [0.5, 0.6) is 0 Å². The molecule has 1 aromatic rings. The van der Waals surface area contributed by atoms with E-state index in [1.807, 2.05) is 18.2 Å². The fourth-order valence-electron chi connectivity index (χ4n) is 2.01. The van der Waals surface area contributed by atoms with Crippen molar-refractivity contribution in [3.05, 3.63) is 35.4 Å². The van der Waals surface area contributed by atoms with Crippen molar-refractivity contribution >= 4 is 5.78 Å². The lowest BCUT2D eigenvalue weighted by atomic mass is 9.83. The molecule has 68 valence electrons. The number of hydrogen-bond acceptors (Lipinski definition) is 1. The first-order valence-corrected chi connectivity index (χ1v) is 4.80. The van der Waals surface area contributed by atoms with Gasteiger partial charge in [-0.05, 0) is 18.4 Å². The van der Waals surface area contributed by atoms with Crippen LogP contribution in [0.2, 0.25) is 0 Å². The molecule has 0 spiro atoms. The van der Waals surface area contributed by atoms with Gasteiger partial charge in [0, 0.05) is 11.0 Å². The van der Waals surface area contributed by atoms with Crippen LogP contribution in [0.25, 0.3) is 0 Å². The van der Waals surface area contributed by atoms with Crippen LogP contribution < -0.4 is 0 Å². The van der Waals surface area contributed by atoms with Crippen molar-refractivity contribution in [2.45, 2.75) is 26.7 Å². The van der Waals surface area contributed by atoms with Gasteiger partial charge in [-0.3, -0.25) is 4.79 Å². The molecule has 0 radical (unpaired) electrons. The molecule has 0 heterocycles. The zero-order chi connectivity index (χ0) is 9.47. The second-order valence-corrected chi connectivity index (χ2v) is 4.08. The number of hydrogen-bond donors (Lipinski definition) is 0. The number of benzene rings is 1. The average molecular weight is 174 g/mol. The highest BCUT2D eigenvalue weighted by Crippen LogP contribution is 2.38. The van der Waals surface area contributed by atoms with Crippen LogP contribution in [0, 0.1) is 5.41 Å². The van der Waals surface area contributed by atoms with E-state index in [9.17, 15) is 4.79 Å². The second kappa shape index (κ2) is 2.69. The minimum Gasteiger partial charge on any atom is -0.294 e. The van der Waals surface area contributed by atoms with Crippen LogP contribution in [-0.2, 0) is 6.42 Å². The van der Waals surface area contributed by atoms with Crippen LogP contribution in [-0.4, -0.2) is 5.78 Å². The zero-order valence-corrected chi connectivity index (χ0v) is 8.13. The summed E-state index contributed by atoms with van der Waals surface area (Å²) in [5, 5.41) is 0. The summed E-state index contributed by atoms with van der Waals surface area (Å²) in [6.07, 6.45) is 1.85. The van der Waals surface area contributed by atoms with Crippen LogP contribution in [0.3, 0.4) is 0 Å². The van der Waals surface area contributed by atoms with E-state index in [2.05, 4.69) is 19.9 Å². The van der Waals surface area contributed by atoms with E-state index in [0.29, 0.717) is 5.78 Å². The van der Waals surface area contributed by atoms with Crippen LogP contribution in [0.15, 0.2) is 24.3 Å². The first-order valence-electron chi connectivity index (χ1n) is 4.80. The summed E-state index contributed by atoms with van der Waals surface area (Å²) in [6.45, 7) is 4.15. The molecule has 1 aromatic carbocycles. The average Bonchev–Trinajstić information content (AvgIpc) is 2.41. The highest BCUT2D eigenvalue weighted by atomic mass is 16.1. The Hall–Kier alpha value is -1.11. The van der Waals surface area contributed by atoms with Crippen LogP contribution in [0.1, 0.15) is 36.2 Å². The van der Waals surface area contributed by atoms with Crippen molar-refractivity contribution < 1.29 is 4.79 Å². The van der Waals surface area contributed by atoms with E-state index >= 15 is 0 Å². The van der Waals surface area contributed by atoms with Gasteiger partial charge >= 0.3 is 0 Å². The fourth-order valence-corrected chi connectivity index (χ4v) is 2.01. The molecule has 0 fully saturated rings. The number of Topliss-reactive ketones (excluding diaryl/α,β-unsaturated/α-hetero) is 1. The summed E-state index contributed by atoms with van der Waals surface area (Å²) >= 11 is 0. The molecular formula is C12H14O. The highest BCUT2D eigenvalue weighted by Gasteiger charge is 2.39. The number of ketones is 1. The highest BCUT2D eigenvalue weighted by molar-refractivity contribution is 6.04. The zero-order valence-electron chi connectivity index (χ0n) is 8.13. The molecule has 1 nitrogen and oxygen atoms in total. The first kappa shape index (κ1) is 8.49. The maximum absolute atomic E-state index is 11.9. The van der Waals surface area contributed by atoms with Crippen molar-refractivity contribution in [1.82, 2.24) is 0 Å². The van der Waals surface area contributed by atoms with E-state index in [4.69, 9.17) is 0 Å². The smallest absolute Gasteiger partial charge is 0.169 e. The summed E-state index contributed by atoms with van der Waals surface area (Å²) in [5.74, 6) is 0.325. The van der Waals surface area contributed by atoms with E-state index in [-0.39, 0.29) is 5.41 Å². The Morgan fingerprint density at radius 3 is 2.69 bits per heavy atom. The molecule has 0 aromatic heterocycles. The van der Waals surface area contributed by atoms with E-state index in [1.165, 1.54) is 5.56 Å². The number of carbonyl (C=O) groups excluding carboxylic acids is 1. The molecule has 0 saturated carbocycles. The molecule has 0 saturated heterocycles. The lowest BCUT2D eigenvalue weighted by molar-refractivity contribution is 0.0837. The number of carbonyl (C=O) groups is 1. The molecule has 0 aliphatic heterocycles. The Kier molecular flexibility index (Phi) is 1.76. The second-order valence-electron chi connectivity index (χ2n) is 4.08. The molecule has 0 unspecified atom stereocenters. The summed E-state index contributed by atoms with van der Waals surface area (Å²) in [6, 6.07) is 7.96. The topological polar surface area (TPSA) is 17.1 Å². The molecule has 13 heavy (non-hydrogen) atoms. The van der Waals surface area contributed by atoms with Gasteiger partial charge in [0.25, 0.3) is 0 Å². The maximum Gasteiger partial charge on any atom is 0.169 e. The monoisotopic (exact) mass is 174 g/mol. The molecular weight excluding hydrogens is 160 g/mol. The van der Waals surface area contributed by atoms with Crippen LogP contribution in [0.4, 0.5) is 0 Å². The Bertz CT molecular complexity index is 354. The van der Waals surface area contributed by atoms with Crippen molar-refractivity contribution in [2.24, 2.45) is 5.41 Å². The van der Waals surface area contributed by atoms with Gasteiger partial charge in [0.05, 0.1) is 0 Å². The van der Waals surface area contributed by atoms with Crippen molar-refractivity contribution in [3.63, 3.8) is 0 Å². The summed E-state index contributed by atoms with van der Waals surface area (Å²) in [7, 11) is 0. The third-order valence-corrected chi connectivity index (χ3v) is 3.17. The largest absolute Gasteiger partial charge is 0.294 e. The van der Waals surface area contributed by atoms with Gasteiger partial charge in [-0.1, -0.05) is 38.1 Å². The molecule has 2 rings (SSSR count). The molecule has 1 aliphatic carbocycles. The van der Waals surface area contributed by atoms with Crippen LogP contribution >= 0.6 is 0 Å². The predicted octanol–water partition coefficient (Wildman–Crippen LogP) is 2.84. The SMILES string of the molecule is CC[C@@]1(C)Cc2ccccc2C1=O. The molecule has 0 bridgehead atoms. The third-order valence-electron chi connectivity index (χ3n) is 3.17. The summed E-state index contributed by atoms with van der Waals surface area (Å²) < 4.78 is 0. The summed E-state index contributed by atoms with van der Waals surface area (Å²) in [4.78, 5) is 11.9. The molecule has 0 amide bonds. The van der Waals surface area contributed by atoms with Gasteiger partial charge < -0.3 is 0 Å². The number of rotatable bonds is 1. The van der Waals surface area contributed by atoms with Gasteiger partial charge in [0.15, 0.2) is 5.78 Å². The van der Waals surface area contributed by atoms with Crippen molar-refractivity contribution in [3.8, 4) is 0 Å². The molecule has 0 N–H and O–H groups in total. The van der Waals surface area contributed by atoms with Gasteiger partial charge in [0.1, 0.15) is 0 Å². The first-order chi connectivity index (χ1) is 6.17. The fraction of sp³-hybridized carbons (Fsp3) is 0.417. The summed E-state index contributed by atoms with van der Waals surface area (Å²) in [5.41, 5.74) is 2.02. The Morgan fingerprint density at radius 1 is 1.38 bits per heavy atom. The van der Waals surface area contributed by atoms with Gasteiger partial charge in [-0.25, -0.2) is 0 Å². The van der Waals surface area contributed by atoms with E-state index in [1.54, 1.807) is 0 Å². The van der Waals surface area contributed by atoms with Crippen molar-refractivity contribution in [1.29, 1.82) is 0 Å².